The summed E-state index contributed by atoms with van der Waals surface area (Å²) in [6, 6.07) is 0. The Labute approximate surface area is 92.7 Å². The van der Waals surface area contributed by atoms with Crippen LogP contribution in [0.5, 0.6) is 0 Å². The van der Waals surface area contributed by atoms with E-state index in [1.165, 1.54) is 30.9 Å². The first-order chi connectivity index (χ1) is 7.09. The molecule has 2 rings (SSSR count). The fourth-order valence-corrected chi connectivity index (χ4v) is 2.54. The number of fused-ring (bicyclic) bond motifs is 1. The summed E-state index contributed by atoms with van der Waals surface area (Å²) < 4.78 is 2.43. The molecule has 1 aromatic heterocycles. The Balaban J connectivity index is 2.22. The zero-order chi connectivity index (χ0) is 11.0. The van der Waals surface area contributed by atoms with E-state index in [1.54, 1.807) is 0 Å². The van der Waals surface area contributed by atoms with Crippen LogP contribution in [0.15, 0.2) is 6.20 Å². The standard InChI is InChI=1S/C13H22N2/c1-9(2)11-5-6-15-12(7-11)8-14-13(15)10(3)4/h8-11H,5-7H2,1-4H3. The molecular formula is C13H22N2. The summed E-state index contributed by atoms with van der Waals surface area (Å²) in [6.07, 6.45) is 4.63. The van der Waals surface area contributed by atoms with Crippen molar-refractivity contribution < 1.29 is 0 Å². The van der Waals surface area contributed by atoms with Gasteiger partial charge < -0.3 is 4.57 Å². The molecule has 84 valence electrons. The summed E-state index contributed by atoms with van der Waals surface area (Å²) in [5, 5.41) is 0. The SMILES string of the molecule is CC(C)c1ncc2n1CCC(C(C)C)C2. The van der Waals surface area contributed by atoms with Gasteiger partial charge in [-0.3, -0.25) is 0 Å². The van der Waals surface area contributed by atoms with Gasteiger partial charge in [0.2, 0.25) is 0 Å². The van der Waals surface area contributed by atoms with E-state index < -0.39 is 0 Å². The fraction of sp³-hybridized carbons (Fsp3) is 0.769. The van der Waals surface area contributed by atoms with Crippen molar-refractivity contribution in [3.8, 4) is 0 Å². The molecule has 1 aromatic rings. The van der Waals surface area contributed by atoms with Crippen LogP contribution >= 0.6 is 0 Å². The molecule has 0 spiro atoms. The average Bonchev–Trinajstić information content (AvgIpc) is 2.59. The van der Waals surface area contributed by atoms with Gasteiger partial charge in [-0.15, -0.1) is 0 Å². The van der Waals surface area contributed by atoms with E-state index in [9.17, 15) is 0 Å². The molecule has 0 fully saturated rings. The minimum Gasteiger partial charge on any atom is -0.332 e. The second-order valence-corrected chi connectivity index (χ2v) is 5.41. The molecule has 0 N–H and O–H groups in total. The summed E-state index contributed by atoms with van der Waals surface area (Å²) in [5.74, 6) is 3.48. The van der Waals surface area contributed by atoms with Crippen LogP contribution in [0, 0.1) is 11.8 Å². The van der Waals surface area contributed by atoms with Crippen LogP contribution < -0.4 is 0 Å². The maximum Gasteiger partial charge on any atom is 0.111 e. The lowest BCUT2D eigenvalue weighted by Crippen LogP contribution is -2.23. The van der Waals surface area contributed by atoms with Gasteiger partial charge in [-0.2, -0.15) is 0 Å². The van der Waals surface area contributed by atoms with Crippen molar-refractivity contribution in [2.24, 2.45) is 11.8 Å². The Hall–Kier alpha value is -0.790. The molecular weight excluding hydrogens is 184 g/mol. The zero-order valence-electron chi connectivity index (χ0n) is 10.3. The second-order valence-electron chi connectivity index (χ2n) is 5.41. The molecule has 1 aliphatic heterocycles. The second kappa shape index (κ2) is 3.99. The largest absolute Gasteiger partial charge is 0.332 e. The highest BCUT2D eigenvalue weighted by atomic mass is 15.1. The van der Waals surface area contributed by atoms with Crippen LogP contribution in [0.2, 0.25) is 0 Å². The van der Waals surface area contributed by atoms with Crippen LogP contribution in [0.4, 0.5) is 0 Å². The first kappa shape index (κ1) is 10.7. The van der Waals surface area contributed by atoms with Crippen LogP contribution in [0.1, 0.15) is 51.6 Å². The van der Waals surface area contributed by atoms with Crippen LogP contribution in [0.25, 0.3) is 0 Å². The van der Waals surface area contributed by atoms with Gasteiger partial charge in [-0.25, -0.2) is 4.98 Å². The number of imidazole rings is 1. The predicted molar refractivity (Wildman–Crippen MR) is 63.0 cm³/mol. The van der Waals surface area contributed by atoms with E-state index >= 15 is 0 Å². The quantitative estimate of drug-likeness (QED) is 0.726. The molecule has 0 saturated heterocycles. The number of nitrogens with zero attached hydrogens (tertiary/aromatic N) is 2. The van der Waals surface area contributed by atoms with Crippen LogP contribution in [-0.4, -0.2) is 9.55 Å². The first-order valence-corrected chi connectivity index (χ1v) is 6.14. The Morgan fingerprint density at radius 1 is 1.33 bits per heavy atom. The van der Waals surface area contributed by atoms with Gasteiger partial charge in [-0.05, 0) is 24.7 Å². The molecule has 1 aliphatic rings. The first-order valence-electron chi connectivity index (χ1n) is 6.14. The van der Waals surface area contributed by atoms with E-state index in [0.29, 0.717) is 5.92 Å². The Morgan fingerprint density at radius 2 is 2.07 bits per heavy atom. The van der Waals surface area contributed by atoms with E-state index in [-0.39, 0.29) is 0 Å². The number of hydrogen-bond donors (Lipinski definition) is 0. The minimum absolute atomic E-state index is 0.550. The smallest absolute Gasteiger partial charge is 0.111 e. The van der Waals surface area contributed by atoms with E-state index in [2.05, 4.69) is 43.4 Å². The summed E-state index contributed by atoms with van der Waals surface area (Å²) in [4.78, 5) is 4.55. The van der Waals surface area contributed by atoms with Gasteiger partial charge in [0, 0.05) is 24.4 Å². The van der Waals surface area contributed by atoms with Crippen molar-refractivity contribution in [3.05, 3.63) is 17.7 Å². The Bertz CT molecular complexity index is 336. The van der Waals surface area contributed by atoms with Crippen molar-refractivity contribution in [1.29, 1.82) is 0 Å². The third-order valence-electron chi connectivity index (χ3n) is 3.62. The van der Waals surface area contributed by atoms with Gasteiger partial charge in [-0.1, -0.05) is 27.7 Å². The van der Waals surface area contributed by atoms with E-state index in [1.807, 2.05) is 0 Å². The van der Waals surface area contributed by atoms with Gasteiger partial charge in [0.15, 0.2) is 0 Å². The molecule has 1 unspecified atom stereocenters. The lowest BCUT2D eigenvalue weighted by atomic mass is 9.86. The average molecular weight is 206 g/mol. The molecule has 2 heteroatoms. The number of rotatable bonds is 2. The van der Waals surface area contributed by atoms with Gasteiger partial charge in [0.05, 0.1) is 0 Å². The molecule has 15 heavy (non-hydrogen) atoms. The number of aromatic nitrogens is 2. The van der Waals surface area contributed by atoms with E-state index in [0.717, 1.165) is 11.8 Å². The molecule has 0 bridgehead atoms. The highest BCUT2D eigenvalue weighted by Gasteiger charge is 2.23. The molecule has 0 saturated carbocycles. The maximum atomic E-state index is 4.55. The van der Waals surface area contributed by atoms with Gasteiger partial charge in [0.1, 0.15) is 5.82 Å². The van der Waals surface area contributed by atoms with Crippen LogP contribution in [0.3, 0.4) is 0 Å². The molecule has 2 heterocycles. The molecule has 0 amide bonds. The highest BCUT2D eigenvalue weighted by molar-refractivity contribution is 5.11. The van der Waals surface area contributed by atoms with Crippen molar-refractivity contribution in [2.75, 3.05) is 0 Å². The van der Waals surface area contributed by atoms with Gasteiger partial charge >= 0.3 is 0 Å². The topological polar surface area (TPSA) is 17.8 Å². The highest BCUT2D eigenvalue weighted by Crippen LogP contribution is 2.28. The van der Waals surface area contributed by atoms with Crippen molar-refractivity contribution in [3.63, 3.8) is 0 Å². The Morgan fingerprint density at radius 3 is 2.67 bits per heavy atom. The summed E-state index contributed by atoms with van der Waals surface area (Å²) in [7, 11) is 0. The minimum atomic E-state index is 0.550. The summed E-state index contributed by atoms with van der Waals surface area (Å²) in [6.45, 7) is 10.3. The Kier molecular flexibility index (Phi) is 2.85. The van der Waals surface area contributed by atoms with Crippen molar-refractivity contribution in [2.45, 2.75) is 53.0 Å². The zero-order valence-corrected chi connectivity index (χ0v) is 10.3. The third-order valence-corrected chi connectivity index (χ3v) is 3.62. The van der Waals surface area contributed by atoms with E-state index in [4.69, 9.17) is 0 Å². The number of hydrogen-bond acceptors (Lipinski definition) is 1. The summed E-state index contributed by atoms with van der Waals surface area (Å²) in [5.41, 5.74) is 1.45. The molecule has 0 radical (unpaired) electrons. The van der Waals surface area contributed by atoms with Gasteiger partial charge in [0.25, 0.3) is 0 Å². The van der Waals surface area contributed by atoms with Crippen molar-refractivity contribution in [1.82, 2.24) is 9.55 Å². The predicted octanol–water partition coefficient (Wildman–Crippen LogP) is 3.22. The molecule has 0 aromatic carbocycles. The molecule has 0 aliphatic carbocycles. The monoisotopic (exact) mass is 206 g/mol. The lowest BCUT2D eigenvalue weighted by molar-refractivity contribution is 0.299. The lowest BCUT2D eigenvalue weighted by Gasteiger charge is -2.28. The third kappa shape index (κ3) is 1.95. The fourth-order valence-electron chi connectivity index (χ4n) is 2.54. The molecule has 2 nitrogen and oxygen atoms in total. The van der Waals surface area contributed by atoms with Crippen molar-refractivity contribution >= 4 is 0 Å². The summed E-state index contributed by atoms with van der Waals surface area (Å²) >= 11 is 0. The van der Waals surface area contributed by atoms with Crippen LogP contribution in [-0.2, 0) is 13.0 Å². The maximum absolute atomic E-state index is 4.55. The molecule has 1 atom stereocenters. The normalized spacial score (nSPS) is 21.1.